The van der Waals surface area contributed by atoms with Gasteiger partial charge in [0.1, 0.15) is 5.69 Å². The number of hydrogen-bond donors (Lipinski definition) is 0. The van der Waals surface area contributed by atoms with Crippen molar-refractivity contribution in [2.45, 2.75) is 12.8 Å². The van der Waals surface area contributed by atoms with Crippen LogP contribution in [0.25, 0.3) is 0 Å². The Labute approximate surface area is 74.6 Å². The highest BCUT2D eigenvalue weighted by atomic mass is 32.1. The largest absolute Gasteiger partial charge is 0.295 e. The maximum Gasteiger partial charge on any atom is 0.178 e. The van der Waals surface area contributed by atoms with Crippen LogP contribution in [0.3, 0.4) is 0 Å². The Hall–Kier alpha value is -1.14. The van der Waals surface area contributed by atoms with Crippen molar-refractivity contribution in [1.82, 2.24) is 4.98 Å². The molecule has 0 unspecified atom stereocenters. The van der Waals surface area contributed by atoms with E-state index < -0.39 is 0 Å². The molecule has 2 rings (SSSR count). The van der Waals surface area contributed by atoms with Gasteiger partial charge in [0.15, 0.2) is 11.3 Å². The molecule has 0 spiro atoms. The predicted molar refractivity (Wildman–Crippen MR) is 47.1 cm³/mol. The summed E-state index contributed by atoms with van der Waals surface area (Å²) in [5, 5.41) is 2.33. The van der Waals surface area contributed by atoms with Crippen LogP contribution in [-0.4, -0.2) is 11.3 Å². The molecule has 0 atom stereocenters. The summed E-state index contributed by atoms with van der Waals surface area (Å²) in [4.78, 5) is 14.3. The van der Waals surface area contributed by atoms with E-state index in [-0.39, 0.29) is 0 Å². The molecule has 60 valence electrons. The first-order valence-electron chi connectivity index (χ1n) is 3.81. The van der Waals surface area contributed by atoms with Crippen molar-refractivity contribution in [1.29, 1.82) is 0 Å². The molecule has 1 aromatic heterocycles. The number of rotatable bonds is 1. The minimum Gasteiger partial charge on any atom is -0.295 e. The molecule has 2 nitrogen and oxygen atoms in total. The zero-order valence-corrected chi connectivity index (χ0v) is 7.23. The minimum atomic E-state index is 0.509. The molecule has 1 aliphatic carbocycles. The molecule has 1 aromatic rings. The molecule has 0 aliphatic heterocycles. The van der Waals surface area contributed by atoms with Crippen LogP contribution in [0.5, 0.6) is 0 Å². The van der Waals surface area contributed by atoms with Crippen molar-refractivity contribution in [3.05, 3.63) is 16.1 Å². The van der Waals surface area contributed by atoms with Gasteiger partial charge in [-0.2, -0.15) is 0 Å². The van der Waals surface area contributed by atoms with Crippen LogP contribution >= 0.6 is 11.3 Å². The smallest absolute Gasteiger partial charge is 0.178 e. The first kappa shape index (κ1) is 7.51. The summed E-state index contributed by atoms with van der Waals surface area (Å²) in [6.45, 7) is 0. The maximum atomic E-state index is 10.3. The zero-order chi connectivity index (χ0) is 8.39. The van der Waals surface area contributed by atoms with Crippen LogP contribution < -0.4 is 0 Å². The summed E-state index contributed by atoms with van der Waals surface area (Å²) in [6, 6.07) is 0. The summed E-state index contributed by atoms with van der Waals surface area (Å²) >= 11 is 1.34. The molecule has 0 amide bonds. The highest BCUT2D eigenvalue weighted by molar-refractivity contribution is 7.11. The average Bonchev–Trinajstić information content (AvgIpc) is 2.81. The van der Waals surface area contributed by atoms with E-state index in [4.69, 9.17) is 0 Å². The number of carbonyl (C=O) groups excluding carboxylic acids is 1. The van der Waals surface area contributed by atoms with Gasteiger partial charge in [-0.05, 0) is 18.8 Å². The molecule has 0 aromatic carbocycles. The Morgan fingerprint density at radius 2 is 2.50 bits per heavy atom. The number of nitrogens with zero attached hydrogens (tertiary/aromatic N) is 1. The molecular formula is C9H7NOS. The van der Waals surface area contributed by atoms with Crippen LogP contribution in [0.4, 0.5) is 0 Å². The van der Waals surface area contributed by atoms with E-state index in [9.17, 15) is 4.79 Å². The van der Waals surface area contributed by atoms with Crippen molar-refractivity contribution < 1.29 is 4.79 Å². The molecule has 1 saturated carbocycles. The SMILES string of the molecule is O=Cc1nc(C#CC2CC2)cs1. The Bertz CT molecular complexity index is 354. The second-order valence-corrected chi connectivity index (χ2v) is 3.62. The van der Waals surface area contributed by atoms with Crippen LogP contribution in [0.2, 0.25) is 0 Å². The molecule has 0 radical (unpaired) electrons. The summed E-state index contributed by atoms with van der Waals surface area (Å²) in [5.74, 6) is 6.63. The lowest BCUT2D eigenvalue weighted by Gasteiger charge is -1.75. The van der Waals surface area contributed by atoms with Gasteiger partial charge in [-0.25, -0.2) is 4.98 Å². The standard InChI is InChI=1S/C9H7NOS/c11-5-9-10-8(6-12-9)4-3-7-1-2-7/h5-7H,1-2H2. The monoisotopic (exact) mass is 177 g/mol. The van der Waals surface area contributed by atoms with Gasteiger partial charge in [0.2, 0.25) is 0 Å². The minimum absolute atomic E-state index is 0.509. The Balaban J connectivity index is 2.12. The fourth-order valence-corrected chi connectivity index (χ4v) is 1.35. The molecule has 12 heavy (non-hydrogen) atoms. The first-order valence-corrected chi connectivity index (χ1v) is 4.68. The van der Waals surface area contributed by atoms with Gasteiger partial charge in [-0.3, -0.25) is 4.79 Å². The van der Waals surface area contributed by atoms with E-state index in [1.807, 2.05) is 5.38 Å². The van der Waals surface area contributed by atoms with Gasteiger partial charge in [-0.1, -0.05) is 5.92 Å². The summed E-state index contributed by atoms with van der Waals surface area (Å²) in [5.41, 5.74) is 0.731. The Morgan fingerprint density at radius 3 is 3.08 bits per heavy atom. The van der Waals surface area contributed by atoms with Gasteiger partial charge in [0, 0.05) is 11.3 Å². The quantitative estimate of drug-likeness (QED) is 0.483. The van der Waals surface area contributed by atoms with Gasteiger partial charge >= 0.3 is 0 Å². The fourth-order valence-electron chi connectivity index (χ4n) is 0.803. The van der Waals surface area contributed by atoms with Gasteiger partial charge in [0.25, 0.3) is 0 Å². The van der Waals surface area contributed by atoms with Crippen LogP contribution in [0.15, 0.2) is 5.38 Å². The number of thiazole rings is 1. The second kappa shape index (κ2) is 3.08. The predicted octanol–water partition coefficient (Wildman–Crippen LogP) is 1.72. The van der Waals surface area contributed by atoms with Crippen LogP contribution in [0, 0.1) is 17.8 Å². The van der Waals surface area contributed by atoms with Crippen molar-refractivity contribution in [2.75, 3.05) is 0 Å². The number of aromatic nitrogens is 1. The van der Waals surface area contributed by atoms with Crippen molar-refractivity contribution in [3.8, 4) is 11.8 Å². The zero-order valence-electron chi connectivity index (χ0n) is 6.41. The molecule has 1 aliphatic rings. The number of hydrogen-bond acceptors (Lipinski definition) is 3. The van der Waals surface area contributed by atoms with Crippen molar-refractivity contribution in [3.63, 3.8) is 0 Å². The van der Waals surface area contributed by atoms with Crippen molar-refractivity contribution in [2.24, 2.45) is 5.92 Å². The summed E-state index contributed by atoms with van der Waals surface area (Å²) < 4.78 is 0. The molecular weight excluding hydrogens is 170 g/mol. The van der Waals surface area contributed by atoms with Crippen LogP contribution in [0.1, 0.15) is 28.3 Å². The fraction of sp³-hybridized carbons (Fsp3) is 0.333. The third kappa shape index (κ3) is 1.72. The molecule has 0 saturated heterocycles. The molecule has 0 bridgehead atoms. The normalized spacial score (nSPS) is 15.0. The highest BCUT2D eigenvalue weighted by Crippen LogP contribution is 2.27. The van der Waals surface area contributed by atoms with Gasteiger partial charge < -0.3 is 0 Å². The lowest BCUT2D eigenvalue weighted by atomic mass is 10.4. The van der Waals surface area contributed by atoms with E-state index in [0.717, 1.165) is 12.0 Å². The van der Waals surface area contributed by atoms with Gasteiger partial charge in [-0.15, -0.1) is 11.3 Å². The van der Waals surface area contributed by atoms with E-state index in [2.05, 4.69) is 16.8 Å². The molecule has 1 fully saturated rings. The third-order valence-electron chi connectivity index (χ3n) is 1.60. The van der Waals surface area contributed by atoms with E-state index in [1.165, 1.54) is 24.2 Å². The summed E-state index contributed by atoms with van der Waals surface area (Å²) in [7, 11) is 0. The van der Waals surface area contributed by atoms with Crippen LogP contribution in [-0.2, 0) is 0 Å². The second-order valence-electron chi connectivity index (χ2n) is 2.73. The van der Waals surface area contributed by atoms with Gasteiger partial charge in [0.05, 0.1) is 0 Å². The molecule has 1 heterocycles. The van der Waals surface area contributed by atoms with E-state index in [1.54, 1.807) is 0 Å². The maximum absolute atomic E-state index is 10.3. The summed E-state index contributed by atoms with van der Waals surface area (Å²) in [6.07, 6.45) is 3.20. The lowest BCUT2D eigenvalue weighted by molar-refractivity contribution is 0.112. The molecule has 0 N–H and O–H groups in total. The molecule has 3 heteroatoms. The highest BCUT2D eigenvalue weighted by Gasteiger charge is 2.17. The van der Waals surface area contributed by atoms with Crippen molar-refractivity contribution >= 4 is 17.6 Å². The van der Waals surface area contributed by atoms with E-state index >= 15 is 0 Å². The Morgan fingerprint density at radius 1 is 1.67 bits per heavy atom. The number of carbonyl (C=O) groups is 1. The average molecular weight is 177 g/mol. The number of aldehydes is 1. The topological polar surface area (TPSA) is 30.0 Å². The Kier molecular flexibility index (Phi) is 1.92. The third-order valence-corrected chi connectivity index (χ3v) is 2.37. The first-order chi connectivity index (χ1) is 5.88. The lowest BCUT2D eigenvalue weighted by Crippen LogP contribution is -1.77. The van der Waals surface area contributed by atoms with E-state index in [0.29, 0.717) is 10.9 Å².